The number of nitrogens with one attached hydrogen (secondary N) is 3. The maximum Gasteiger partial charge on any atom is 0.242 e. The number of carbonyl (C=O) groups excluding carboxylic acids is 1. The first kappa shape index (κ1) is 17.5. The fourth-order valence-corrected chi connectivity index (χ4v) is 4.53. The Balaban J connectivity index is 1.61. The Labute approximate surface area is 145 Å². The Bertz CT molecular complexity index is 508. The highest BCUT2D eigenvalue weighted by molar-refractivity contribution is 5.85. The van der Waals surface area contributed by atoms with Crippen molar-refractivity contribution in [2.45, 2.75) is 71.1 Å². The standard InChI is InChI=1S/C18H32N4O2/c1-5-19-16(20-11-13(23)22-17(2,3)4)21-14-12-7-10-24-15(12)18(14)8-6-9-18/h12,14-15H,5-11H2,1-4H3,(H,22,23)(H2,19,20,21). The van der Waals surface area contributed by atoms with E-state index in [1.807, 2.05) is 27.7 Å². The van der Waals surface area contributed by atoms with E-state index in [0.29, 0.717) is 23.5 Å². The molecule has 2 aliphatic carbocycles. The second kappa shape index (κ2) is 6.54. The highest BCUT2D eigenvalue weighted by Crippen LogP contribution is 2.62. The van der Waals surface area contributed by atoms with E-state index in [-0.39, 0.29) is 18.0 Å². The fraction of sp³-hybridized carbons (Fsp3) is 0.889. The third kappa shape index (κ3) is 3.25. The lowest BCUT2D eigenvalue weighted by Gasteiger charge is -2.63. The first-order chi connectivity index (χ1) is 11.4. The molecular formula is C18H32N4O2. The second-order valence-electron chi connectivity index (χ2n) is 8.45. The molecule has 0 aromatic carbocycles. The summed E-state index contributed by atoms with van der Waals surface area (Å²) in [7, 11) is 0. The van der Waals surface area contributed by atoms with Gasteiger partial charge in [0.1, 0.15) is 6.54 Å². The topological polar surface area (TPSA) is 74.8 Å². The van der Waals surface area contributed by atoms with Crippen LogP contribution in [0.15, 0.2) is 4.99 Å². The Hall–Kier alpha value is -1.30. The van der Waals surface area contributed by atoms with Crippen LogP contribution in [0.2, 0.25) is 0 Å². The van der Waals surface area contributed by atoms with Crippen molar-refractivity contribution in [3.63, 3.8) is 0 Å². The molecule has 1 aliphatic heterocycles. The average Bonchev–Trinajstić information content (AvgIpc) is 2.83. The van der Waals surface area contributed by atoms with Crippen LogP contribution in [0, 0.1) is 11.3 Å². The van der Waals surface area contributed by atoms with Crippen LogP contribution in [-0.4, -0.2) is 49.2 Å². The van der Waals surface area contributed by atoms with Gasteiger partial charge in [0.05, 0.1) is 6.10 Å². The Kier molecular flexibility index (Phi) is 4.78. The predicted octanol–water partition coefficient (Wildman–Crippen LogP) is 1.41. The zero-order valence-electron chi connectivity index (χ0n) is 15.4. The number of hydrogen-bond donors (Lipinski definition) is 3. The highest BCUT2D eigenvalue weighted by Gasteiger charge is 2.66. The number of nitrogens with zero attached hydrogens (tertiary/aromatic N) is 1. The van der Waals surface area contributed by atoms with Gasteiger partial charge in [-0.05, 0) is 47.0 Å². The summed E-state index contributed by atoms with van der Waals surface area (Å²) in [6, 6.07) is 0.433. The Morgan fingerprint density at radius 3 is 2.67 bits per heavy atom. The van der Waals surface area contributed by atoms with Gasteiger partial charge in [0.25, 0.3) is 0 Å². The smallest absolute Gasteiger partial charge is 0.242 e. The Morgan fingerprint density at radius 2 is 2.08 bits per heavy atom. The highest BCUT2D eigenvalue weighted by atomic mass is 16.5. The summed E-state index contributed by atoms with van der Waals surface area (Å²) in [5, 5.41) is 9.85. The number of aliphatic imine (C=N–C) groups is 1. The van der Waals surface area contributed by atoms with E-state index in [9.17, 15) is 4.79 Å². The van der Waals surface area contributed by atoms with E-state index >= 15 is 0 Å². The Morgan fingerprint density at radius 1 is 1.33 bits per heavy atom. The number of hydrogen-bond acceptors (Lipinski definition) is 3. The SMILES string of the molecule is CCNC(=NCC(=O)NC(C)(C)C)NC1C2CCOC2C12CCC2. The largest absolute Gasteiger partial charge is 0.377 e. The maximum atomic E-state index is 12.0. The zero-order valence-corrected chi connectivity index (χ0v) is 15.4. The van der Waals surface area contributed by atoms with Crippen molar-refractivity contribution in [3.05, 3.63) is 0 Å². The summed E-state index contributed by atoms with van der Waals surface area (Å²) in [6.07, 6.45) is 5.36. The van der Waals surface area contributed by atoms with Crippen LogP contribution < -0.4 is 16.0 Å². The van der Waals surface area contributed by atoms with Gasteiger partial charge < -0.3 is 20.7 Å². The van der Waals surface area contributed by atoms with Crippen molar-refractivity contribution in [3.8, 4) is 0 Å². The van der Waals surface area contributed by atoms with Gasteiger partial charge in [-0.25, -0.2) is 4.99 Å². The predicted molar refractivity (Wildman–Crippen MR) is 94.9 cm³/mol. The van der Waals surface area contributed by atoms with Crippen molar-refractivity contribution in [1.82, 2.24) is 16.0 Å². The first-order valence-electron chi connectivity index (χ1n) is 9.33. The minimum atomic E-state index is -0.225. The quantitative estimate of drug-likeness (QED) is 0.536. The monoisotopic (exact) mass is 336 g/mol. The van der Waals surface area contributed by atoms with Crippen LogP contribution in [0.5, 0.6) is 0 Å². The molecule has 3 aliphatic rings. The molecule has 1 spiro atoms. The van der Waals surface area contributed by atoms with E-state index in [0.717, 1.165) is 25.5 Å². The third-order valence-electron chi connectivity index (χ3n) is 5.57. The van der Waals surface area contributed by atoms with Crippen LogP contribution in [0.4, 0.5) is 0 Å². The van der Waals surface area contributed by atoms with Crippen LogP contribution in [-0.2, 0) is 9.53 Å². The summed E-state index contributed by atoms with van der Waals surface area (Å²) >= 11 is 0. The van der Waals surface area contributed by atoms with Gasteiger partial charge in [-0.3, -0.25) is 4.79 Å². The van der Waals surface area contributed by atoms with Crippen LogP contribution in [0.3, 0.4) is 0 Å². The van der Waals surface area contributed by atoms with Gasteiger partial charge in [-0.1, -0.05) is 6.42 Å². The lowest BCUT2D eigenvalue weighted by molar-refractivity contribution is -0.171. The minimum Gasteiger partial charge on any atom is -0.377 e. The number of fused-ring (bicyclic) bond motifs is 2. The van der Waals surface area contributed by atoms with Gasteiger partial charge in [0, 0.05) is 36.1 Å². The van der Waals surface area contributed by atoms with E-state index in [4.69, 9.17) is 4.74 Å². The molecule has 0 aromatic heterocycles. The van der Waals surface area contributed by atoms with Gasteiger partial charge in [-0.15, -0.1) is 0 Å². The van der Waals surface area contributed by atoms with E-state index in [2.05, 4.69) is 20.9 Å². The summed E-state index contributed by atoms with van der Waals surface area (Å²) in [5.74, 6) is 1.30. The van der Waals surface area contributed by atoms with Gasteiger partial charge in [0.2, 0.25) is 5.91 Å². The summed E-state index contributed by atoms with van der Waals surface area (Å²) in [5.41, 5.74) is 0.0851. The van der Waals surface area contributed by atoms with E-state index in [1.165, 1.54) is 19.3 Å². The molecule has 3 N–H and O–H groups in total. The first-order valence-corrected chi connectivity index (χ1v) is 9.33. The molecule has 2 saturated carbocycles. The van der Waals surface area contributed by atoms with Crippen molar-refractivity contribution in [2.75, 3.05) is 19.7 Å². The third-order valence-corrected chi connectivity index (χ3v) is 5.57. The zero-order chi connectivity index (χ0) is 17.4. The number of amides is 1. The molecule has 1 heterocycles. The average molecular weight is 336 g/mol. The fourth-order valence-electron chi connectivity index (χ4n) is 4.53. The molecule has 0 bridgehead atoms. The van der Waals surface area contributed by atoms with Crippen molar-refractivity contribution in [1.29, 1.82) is 0 Å². The second-order valence-corrected chi connectivity index (χ2v) is 8.45. The maximum absolute atomic E-state index is 12.0. The summed E-state index contributed by atoms with van der Waals surface area (Å²) < 4.78 is 5.97. The molecule has 0 radical (unpaired) electrons. The lowest BCUT2D eigenvalue weighted by atomic mass is 9.46. The molecule has 6 heteroatoms. The van der Waals surface area contributed by atoms with Gasteiger partial charge in [-0.2, -0.15) is 0 Å². The van der Waals surface area contributed by atoms with E-state index < -0.39 is 0 Å². The molecule has 3 unspecified atom stereocenters. The van der Waals surface area contributed by atoms with Crippen molar-refractivity contribution >= 4 is 11.9 Å². The van der Waals surface area contributed by atoms with Crippen LogP contribution >= 0.6 is 0 Å². The van der Waals surface area contributed by atoms with Crippen molar-refractivity contribution in [2.24, 2.45) is 16.3 Å². The van der Waals surface area contributed by atoms with Crippen molar-refractivity contribution < 1.29 is 9.53 Å². The summed E-state index contributed by atoms with van der Waals surface area (Å²) in [6.45, 7) is 9.81. The molecule has 136 valence electrons. The number of guanidine groups is 1. The van der Waals surface area contributed by atoms with Crippen LogP contribution in [0.25, 0.3) is 0 Å². The molecule has 24 heavy (non-hydrogen) atoms. The molecular weight excluding hydrogens is 304 g/mol. The molecule has 6 nitrogen and oxygen atoms in total. The minimum absolute atomic E-state index is 0.0475. The molecule has 1 amide bonds. The number of carbonyl (C=O) groups is 1. The molecule has 0 aromatic rings. The van der Waals surface area contributed by atoms with Gasteiger partial charge in [0.15, 0.2) is 5.96 Å². The molecule has 1 saturated heterocycles. The number of ether oxygens (including phenoxy) is 1. The summed E-state index contributed by atoms with van der Waals surface area (Å²) in [4.78, 5) is 16.5. The molecule has 3 fully saturated rings. The number of rotatable bonds is 4. The van der Waals surface area contributed by atoms with Crippen LogP contribution in [0.1, 0.15) is 53.4 Å². The molecule has 3 atom stereocenters. The molecule has 3 rings (SSSR count). The normalized spacial score (nSPS) is 31.0. The lowest BCUT2D eigenvalue weighted by Crippen LogP contribution is -2.72. The van der Waals surface area contributed by atoms with E-state index in [1.54, 1.807) is 0 Å². The van der Waals surface area contributed by atoms with Gasteiger partial charge >= 0.3 is 0 Å².